The molecule has 0 saturated heterocycles. The van der Waals surface area contributed by atoms with Gasteiger partial charge in [0.1, 0.15) is 0 Å². The second-order valence-electron chi connectivity index (χ2n) is 4.29. The van der Waals surface area contributed by atoms with Crippen molar-refractivity contribution in [1.29, 1.82) is 0 Å². The molecule has 0 unspecified atom stereocenters. The molecule has 0 aromatic heterocycles. The maximum atomic E-state index is 11.0. The fraction of sp³-hybridized carbons (Fsp3) is 0.714. The minimum absolute atomic E-state index is 0. The molecule has 0 amide bonds. The van der Waals surface area contributed by atoms with Crippen LogP contribution >= 0.6 is 0 Å². The van der Waals surface area contributed by atoms with Gasteiger partial charge in [-0.15, -0.1) is 0 Å². The summed E-state index contributed by atoms with van der Waals surface area (Å²) >= 11 is 0. The molecule has 0 radical (unpaired) electrons. The third-order valence-corrected chi connectivity index (χ3v) is 2.55. The van der Waals surface area contributed by atoms with Crippen LogP contribution in [0.15, 0.2) is 12.3 Å². The molecule has 0 aromatic carbocycles. The molecule has 0 N–H and O–H groups in total. The molecular formula is C14H23KO4. The van der Waals surface area contributed by atoms with Crippen LogP contribution < -0.4 is 56.5 Å². The summed E-state index contributed by atoms with van der Waals surface area (Å²) in [5.41, 5.74) is 0. The molecule has 0 atom stereocenters. The molecule has 0 bridgehead atoms. The van der Waals surface area contributed by atoms with Crippen LogP contribution in [0.25, 0.3) is 0 Å². The van der Waals surface area contributed by atoms with Crippen molar-refractivity contribution in [3.63, 3.8) is 0 Å². The molecule has 0 spiro atoms. The molecule has 5 heteroatoms. The van der Waals surface area contributed by atoms with Crippen molar-refractivity contribution in [3.8, 4) is 0 Å². The first-order valence-corrected chi connectivity index (χ1v) is 6.71. The van der Waals surface area contributed by atoms with Crippen LogP contribution in [0.3, 0.4) is 0 Å². The molecule has 0 aliphatic heterocycles. The standard InChI is InChI=1S/C14H24O4.K/c1-2-3-4-5-6-7-8-9-12-18-14(17)11-10-13(15)16;/h9,12H,2-8,10-11H2,1H3,(H,15,16);/q;+1/p-1. The topological polar surface area (TPSA) is 66.4 Å². The van der Waals surface area contributed by atoms with E-state index in [1.54, 1.807) is 6.08 Å². The Morgan fingerprint density at radius 1 is 1.05 bits per heavy atom. The molecule has 0 rings (SSSR count). The average Bonchev–Trinajstić information content (AvgIpc) is 2.34. The van der Waals surface area contributed by atoms with E-state index in [1.165, 1.54) is 38.4 Å². The largest absolute Gasteiger partial charge is 1.00 e. The van der Waals surface area contributed by atoms with Crippen LogP contribution in [-0.4, -0.2) is 11.9 Å². The third-order valence-electron chi connectivity index (χ3n) is 2.55. The van der Waals surface area contributed by atoms with Crippen LogP contribution in [0.1, 0.15) is 64.7 Å². The molecule has 19 heavy (non-hydrogen) atoms. The number of allylic oxidation sites excluding steroid dienone is 1. The van der Waals surface area contributed by atoms with Crippen LogP contribution in [0.5, 0.6) is 0 Å². The van der Waals surface area contributed by atoms with Gasteiger partial charge in [-0.25, -0.2) is 0 Å². The zero-order valence-electron chi connectivity index (χ0n) is 12.2. The SMILES string of the molecule is CCCCCCCCC=COC(=O)CCC(=O)[O-].[K+]. The van der Waals surface area contributed by atoms with Crippen LogP contribution in [-0.2, 0) is 14.3 Å². The summed E-state index contributed by atoms with van der Waals surface area (Å²) in [6.45, 7) is 2.19. The zero-order chi connectivity index (χ0) is 13.6. The second-order valence-corrected chi connectivity index (χ2v) is 4.29. The Morgan fingerprint density at radius 2 is 1.68 bits per heavy atom. The third kappa shape index (κ3) is 18.3. The van der Waals surface area contributed by atoms with E-state index in [0.29, 0.717) is 0 Å². The van der Waals surface area contributed by atoms with Crippen molar-refractivity contribution in [2.45, 2.75) is 64.7 Å². The molecule has 0 aromatic rings. The summed E-state index contributed by atoms with van der Waals surface area (Å²) in [6, 6.07) is 0. The minimum Gasteiger partial charge on any atom is -0.550 e. The number of carbonyl (C=O) groups is 2. The second kappa shape index (κ2) is 16.4. The summed E-state index contributed by atoms with van der Waals surface area (Å²) in [5.74, 6) is -1.76. The summed E-state index contributed by atoms with van der Waals surface area (Å²) < 4.78 is 4.73. The van der Waals surface area contributed by atoms with E-state index in [9.17, 15) is 14.7 Å². The quantitative estimate of drug-likeness (QED) is 0.219. The Kier molecular flexibility index (Phi) is 18.6. The number of rotatable bonds is 11. The zero-order valence-corrected chi connectivity index (χ0v) is 15.3. The van der Waals surface area contributed by atoms with Gasteiger partial charge in [0.2, 0.25) is 0 Å². The van der Waals surface area contributed by atoms with Crippen molar-refractivity contribution in [3.05, 3.63) is 12.3 Å². The smallest absolute Gasteiger partial charge is 0.550 e. The van der Waals surface area contributed by atoms with Crippen molar-refractivity contribution < 1.29 is 70.8 Å². The van der Waals surface area contributed by atoms with Gasteiger partial charge in [0.05, 0.1) is 12.7 Å². The van der Waals surface area contributed by atoms with E-state index < -0.39 is 11.9 Å². The van der Waals surface area contributed by atoms with E-state index in [4.69, 9.17) is 4.74 Å². The van der Waals surface area contributed by atoms with E-state index in [0.717, 1.165) is 12.8 Å². The number of ether oxygens (including phenoxy) is 1. The predicted molar refractivity (Wildman–Crippen MR) is 67.5 cm³/mol. The van der Waals surface area contributed by atoms with E-state index in [2.05, 4.69) is 6.92 Å². The Morgan fingerprint density at radius 3 is 2.32 bits per heavy atom. The van der Waals surface area contributed by atoms with Gasteiger partial charge in [-0.3, -0.25) is 4.79 Å². The normalized spacial score (nSPS) is 10.2. The molecule has 0 aliphatic carbocycles. The first-order valence-electron chi connectivity index (χ1n) is 6.71. The first kappa shape index (κ1) is 21.6. The Labute approximate surface area is 158 Å². The molecule has 4 nitrogen and oxygen atoms in total. The number of hydrogen-bond donors (Lipinski definition) is 0. The van der Waals surface area contributed by atoms with Gasteiger partial charge in [0.15, 0.2) is 0 Å². The summed E-state index contributed by atoms with van der Waals surface area (Å²) in [7, 11) is 0. The van der Waals surface area contributed by atoms with Gasteiger partial charge >= 0.3 is 57.4 Å². The molecule has 104 valence electrons. The first-order chi connectivity index (χ1) is 8.66. The average molecular weight is 294 g/mol. The van der Waals surface area contributed by atoms with Crippen molar-refractivity contribution in [2.24, 2.45) is 0 Å². The fourth-order valence-corrected chi connectivity index (χ4v) is 1.50. The molecular weight excluding hydrogens is 271 g/mol. The summed E-state index contributed by atoms with van der Waals surface area (Å²) in [4.78, 5) is 21.1. The maximum absolute atomic E-state index is 11.0. The predicted octanol–water partition coefficient (Wildman–Crippen LogP) is -0.672. The van der Waals surface area contributed by atoms with Gasteiger partial charge in [-0.05, 0) is 25.3 Å². The fourth-order valence-electron chi connectivity index (χ4n) is 1.50. The number of esters is 1. The number of carboxylic acid groups (broad SMARTS) is 1. The number of carboxylic acids is 1. The maximum Gasteiger partial charge on any atom is 1.00 e. The van der Waals surface area contributed by atoms with Crippen LogP contribution in [0.4, 0.5) is 0 Å². The summed E-state index contributed by atoms with van der Waals surface area (Å²) in [5, 5.41) is 10.1. The van der Waals surface area contributed by atoms with Gasteiger partial charge in [0, 0.05) is 5.97 Å². The van der Waals surface area contributed by atoms with Gasteiger partial charge in [-0.1, -0.05) is 39.0 Å². The van der Waals surface area contributed by atoms with Crippen molar-refractivity contribution in [2.75, 3.05) is 0 Å². The number of aliphatic carboxylic acids is 1. The Bertz CT molecular complexity index is 264. The van der Waals surface area contributed by atoms with Gasteiger partial charge < -0.3 is 14.6 Å². The number of unbranched alkanes of at least 4 members (excludes halogenated alkanes) is 6. The van der Waals surface area contributed by atoms with Crippen molar-refractivity contribution >= 4 is 11.9 Å². The molecule has 0 aliphatic rings. The van der Waals surface area contributed by atoms with Crippen LogP contribution in [0, 0.1) is 0 Å². The summed E-state index contributed by atoms with van der Waals surface area (Å²) in [6.07, 6.45) is 11.0. The van der Waals surface area contributed by atoms with Gasteiger partial charge in [0.25, 0.3) is 0 Å². The molecule has 0 heterocycles. The van der Waals surface area contributed by atoms with Crippen molar-refractivity contribution in [1.82, 2.24) is 0 Å². The Balaban J connectivity index is 0. The molecule has 0 fully saturated rings. The van der Waals surface area contributed by atoms with Crippen LogP contribution in [0.2, 0.25) is 0 Å². The number of carbonyl (C=O) groups excluding carboxylic acids is 2. The minimum atomic E-state index is -1.23. The number of hydrogen-bond acceptors (Lipinski definition) is 4. The van der Waals surface area contributed by atoms with Gasteiger partial charge in [-0.2, -0.15) is 0 Å². The van der Waals surface area contributed by atoms with E-state index in [1.807, 2.05) is 0 Å². The molecule has 0 saturated carbocycles. The van der Waals surface area contributed by atoms with E-state index >= 15 is 0 Å². The monoisotopic (exact) mass is 294 g/mol. The Hall–Kier alpha value is 0.316. The van der Waals surface area contributed by atoms with E-state index in [-0.39, 0.29) is 64.2 Å².